The summed E-state index contributed by atoms with van der Waals surface area (Å²) in [6.45, 7) is 3.53. The van der Waals surface area contributed by atoms with E-state index >= 15 is 0 Å². The fourth-order valence-corrected chi connectivity index (χ4v) is 2.33. The van der Waals surface area contributed by atoms with E-state index in [4.69, 9.17) is 0 Å². The lowest BCUT2D eigenvalue weighted by Gasteiger charge is -2.36. The fraction of sp³-hybridized carbons (Fsp3) is 1.00. The topological polar surface area (TPSA) is 35.5 Å². The van der Waals surface area contributed by atoms with E-state index in [1.165, 1.54) is 25.7 Å². The molecule has 0 spiro atoms. The standard InChI is InChI=1S/C11H24N2O/c1-10(14)8-12-9-11(13(2)3)6-4-5-7-11/h10,12,14H,4-9H2,1-3H3/t10-/m1/s1. The Morgan fingerprint density at radius 2 is 1.93 bits per heavy atom. The highest BCUT2D eigenvalue weighted by atomic mass is 16.3. The Bertz CT molecular complexity index is 163. The number of aliphatic hydroxyl groups is 1. The third-order valence-electron chi connectivity index (χ3n) is 3.38. The number of hydrogen-bond donors (Lipinski definition) is 2. The van der Waals surface area contributed by atoms with Crippen molar-refractivity contribution in [3.8, 4) is 0 Å². The minimum atomic E-state index is -0.240. The van der Waals surface area contributed by atoms with Crippen LogP contribution in [0.15, 0.2) is 0 Å². The van der Waals surface area contributed by atoms with Crippen LogP contribution in [0.2, 0.25) is 0 Å². The van der Waals surface area contributed by atoms with Crippen molar-refractivity contribution < 1.29 is 5.11 Å². The van der Waals surface area contributed by atoms with E-state index in [1.807, 2.05) is 6.92 Å². The van der Waals surface area contributed by atoms with Crippen molar-refractivity contribution in [2.45, 2.75) is 44.2 Å². The first-order valence-electron chi connectivity index (χ1n) is 5.63. The van der Waals surface area contributed by atoms with Crippen molar-refractivity contribution in [3.05, 3.63) is 0 Å². The van der Waals surface area contributed by atoms with Gasteiger partial charge in [0.15, 0.2) is 0 Å². The normalized spacial score (nSPS) is 22.9. The van der Waals surface area contributed by atoms with Crippen molar-refractivity contribution in [3.63, 3.8) is 0 Å². The molecule has 3 nitrogen and oxygen atoms in total. The molecule has 1 aliphatic rings. The molecule has 0 bridgehead atoms. The average Bonchev–Trinajstić information content (AvgIpc) is 2.53. The Kier molecular flexibility index (Phi) is 4.35. The van der Waals surface area contributed by atoms with Crippen LogP contribution in [-0.2, 0) is 0 Å². The van der Waals surface area contributed by atoms with Crippen molar-refractivity contribution in [2.75, 3.05) is 27.2 Å². The number of nitrogens with zero attached hydrogens (tertiary/aromatic N) is 1. The summed E-state index contributed by atoms with van der Waals surface area (Å²) in [5.74, 6) is 0. The Balaban J connectivity index is 2.36. The predicted molar refractivity (Wildman–Crippen MR) is 59.4 cm³/mol. The molecule has 0 unspecified atom stereocenters. The molecule has 1 atom stereocenters. The van der Waals surface area contributed by atoms with E-state index in [0.717, 1.165) is 6.54 Å². The molecule has 1 saturated carbocycles. The molecule has 0 saturated heterocycles. The summed E-state index contributed by atoms with van der Waals surface area (Å²) < 4.78 is 0. The molecule has 1 aliphatic carbocycles. The van der Waals surface area contributed by atoms with Gasteiger partial charge in [-0.1, -0.05) is 12.8 Å². The third kappa shape index (κ3) is 2.94. The molecule has 14 heavy (non-hydrogen) atoms. The van der Waals surface area contributed by atoms with Crippen LogP contribution in [0.1, 0.15) is 32.6 Å². The number of aliphatic hydroxyl groups excluding tert-OH is 1. The van der Waals surface area contributed by atoms with Gasteiger partial charge in [-0.3, -0.25) is 0 Å². The van der Waals surface area contributed by atoms with Crippen LogP contribution in [0.5, 0.6) is 0 Å². The van der Waals surface area contributed by atoms with Gasteiger partial charge in [0.25, 0.3) is 0 Å². The Labute approximate surface area is 87.5 Å². The van der Waals surface area contributed by atoms with Crippen molar-refractivity contribution in [2.24, 2.45) is 0 Å². The van der Waals surface area contributed by atoms with E-state index in [2.05, 4.69) is 24.3 Å². The van der Waals surface area contributed by atoms with Crippen molar-refractivity contribution in [1.29, 1.82) is 0 Å². The lowest BCUT2D eigenvalue weighted by atomic mass is 9.96. The molecule has 84 valence electrons. The van der Waals surface area contributed by atoms with Gasteiger partial charge < -0.3 is 15.3 Å². The van der Waals surface area contributed by atoms with Gasteiger partial charge in [-0.15, -0.1) is 0 Å². The van der Waals surface area contributed by atoms with Gasteiger partial charge in [0.05, 0.1) is 6.10 Å². The molecule has 1 rings (SSSR count). The lowest BCUT2D eigenvalue weighted by molar-refractivity contribution is 0.139. The summed E-state index contributed by atoms with van der Waals surface area (Å²) in [6.07, 6.45) is 5.01. The Morgan fingerprint density at radius 1 is 1.36 bits per heavy atom. The van der Waals surface area contributed by atoms with Gasteiger partial charge in [-0.05, 0) is 33.9 Å². The molecule has 0 heterocycles. The summed E-state index contributed by atoms with van der Waals surface area (Å²) in [7, 11) is 4.32. The van der Waals surface area contributed by atoms with Gasteiger partial charge >= 0.3 is 0 Å². The number of hydrogen-bond acceptors (Lipinski definition) is 3. The van der Waals surface area contributed by atoms with Gasteiger partial charge in [-0.2, -0.15) is 0 Å². The second-order valence-electron chi connectivity index (χ2n) is 4.81. The van der Waals surface area contributed by atoms with Crippen LogP contribution in [0.4, 0.5) is 0 Å². The minimum Gasteiger partial charge on any atom is -0.392 e. The van der Waals surface area contributed by atoms with E-state index in [9.17, 15) is 5.11 Å². The van der Waals surface area contributed by atoms with Crippen LogP contribution in [0.3, 0.4) is 0 Å². The average molecular weight is 200 g/mol. The van der Waals surface area contributed by atoms with E-state index in [-0.39, 0.29) is 6.10 Å². The molecule has 1 fully saturated rings. The Morgan fingerprint density at radius 3 is 2.36 bits per heavy atom. The first kappa shape index (κ1) is 12.0. The SMILES string of the molecule is C[C@@H](O)CNCC1(N(C)C)CCCC1. The monoisotopic (exact) mass is 200 g/mol. The van der Waals surface area contributed by atoms with Gasteiger partial charge in [0.1, 0.15) is 0 Å². The molecule has 0 radical (unpaired) electrons. The largest absolute Gasteiger partial charge is 0.392 e. The number of likely N-dealkylation sites (N-methyl/N-ethyl adjacent to an activating group) is 1. The van der Waals surface area contributed by atoms with Gasteiger partial charge in [0, 0.05) is 18.6 Å². The van der Waals surface area contributed by atoms with Crippen LogP contribution in [-0.4, -0.2) is 48.8 Å². The summed E-state index contributed by atoms with van der Waals surface area (Å²) in [5, 5.41) is 12.5. The maximum atomic E-state index is 9.17. The first-order valence-corrected chi connectivity index (χ1v) is 5.63. The van der Waals surface area contributed by atoms with Crippen LogP contribution >= 0.6 is 0 Å². The molecule has 0 amide bonds. The van der Waals surface area contributed by atoms with Gasteiger partial charge in [-0.25, -0.2) is 0 Å². The quantitative estimate of drug-likeness (QED) is 0.690. The highest BCUT2D eigenvalue weighted by Crippen LogP contribution is 2.32. The van der Waals surface area contributed by atoms with Crippen LogP contribution in [0, 0.1) is 0 Å². The summed E-state index contributed by atoms with van der Waals surface area (Å²) in [5.41, 5.74) is 0.342. The molecule has 0 aliphatic heterocycles. The van der Waals surface area contributed by atoms with Gasteiger partial charge in [0.2, 0.25) is 0 Å². The smallest absolute Gasteiger partial charge is 0.0636 e. The zero-order chi connectivity index (χ0) is 10.6. The molecule has 3 heteroatoms. The molecule has 0 aromatic heterocycles. The van der Waals surface area contributed by atoms with Crippen molar-refractivity contribution in [1.82, 2.24) is 10.2 Å². The first-order chi connectivity index (χ1) is 6.57. The summed E-state index contributed by atoms with van der Waals surface area (Å²) >= 11 is 0. The Hall–Kier alpha value is -0.120. The van der Waals surface area contributed by atoms with E-state index in [1.54, 1.807) is 0 Å². The molecule has 0 aromatic rings. The van der Waals surface area contributed by atoms with Crippen LogP contribution in [0.25, 0.3) is 0 Å². The molecular weight excluding hydrogens is 176 g/mol. The summed E-state index contributed by atoms with van der Waals surface area (Å²) in [4.78, 5) is 2.34. The molecule has 2 N–H and O–H groups in total. The van der Waals surface area contributed by atoms with Crippen LogP contribution < -0.4 is 5.32 Å². The zero-order valence-electron chi connectivity index (χ0n) is 9.71. The predicted octanol–water partition coefficient (Wildman–Crippen LogP) is 0.831. The maximum absolute atomic E-state index is 9.17. The lowest BCUT2D eigenvalue weighted by Crippen LogP contribution is -2.50. The zero-order valence-corrected chi connectivity index (χ0v) is 9.71. The maximum Gasteiger partial charge on any atom is 0.0636 e. The highest BCUT2D eigenvalue weighted by Gasteiger charge is 2.35. The highest BCUT2D eigenvalue weighted by molar-refractivity contribution is 4.94. The summed E-state index contributed by atoms with van der Waals surface area (Å²) in [6, 6.07) is 0. The molecule has 0 aromatic carbocycles. The van der Waals surface area contributed by atoms with Crippen molar-refractivity contribution >= 4 is 0 Å². The molecular formula is C11H24N2O. The second kappa shape index (κ2) is 5.10. The second-order valence-corrected chi connectivity index (χ2v) is 4.81. The number of rotatable bonds is 5. The minimum absolute atomic E-state index is 0.240. The number of nitrogens with one attached hydrogen (secondary N) is 1. The van der Waals surface area contributed by atoms with E-state index in [0.29, 0.717) is 12.1 Å². The third-order valence-corrected chi connectivity index (χ3v) is 3.38. The van der Waals surface area contributed by atoms with E-state index < -0.39 is 0 Å². The fourth-order valence-electron chi connectivity index (χ4n) is 2.33.